The maximum Gasteiger partial charge on any atom is 0.485 e. The number of hydrogen-bond donors (Lipinski definition) is 0. The zero-order chi connectivity index (χ0) is 27.1. The number of halogens is 3. The zero-order valence-electron chi connectivity index (χ0n) is 19.9. The van der Waals surface area contributed by atoms with Crippen LogP contribution in [0.15, 0.2) is 93.5 Å². The molecule has 0 unspecified atom stereocenters. The van der Waals surface area contributed by atoms with Gasteiger partial charge < -0.3 is 14.0 Å². The second-order valence-corrected chi connectivity index (χ2v) is 11.5. The molecule has 0 radical (unpaired) electrons. The van der Waals surface area contributed by atoms with Crippen LogP contribution in [0, 0.1) is 0 Å². The lowest BCUT2D eigenvalue weighted by Gasteiger charge is -2.20. The fraction of sp³-hybridized carbons (Fsp3) is 0.240. The summed E-state index contributed by atoms with van der Waals surface area (Å²) in [6.07, 6.45) is 0. The van der Waals surface area contributed by atoms with Gasteiger partial charge in [-0.05, 0) is 57.2 Å². The smallest absolute Gasteiger partial charge is 0.485 e. The van der Waals surface area contributed by atoms with E-state index in [1.54, 1.807) is 13.2 Å². The Labute approximate surface area is 211 Å². The molecule has 3 rings (SSSR count). The molecule has 194 valence electrons. The van der Waals surface area contributed by atoms with E-state index in [-0.39, 0.29) is 5.97 Å². The Kier molecular flexibility index (Phi) is 9.58. The molecule has 11 heteroatoms. The van der Waals surface area contributed by atoms with Crippen molar-refractivity contribution in [2.24, 2.45) is 0 Å². The Bertz CT molecular complexity index is 1220. The van der Waals surface area contributed by atoms with E-state index in [9.17, 15) is 18.0 Å². The molecule has 3 aromatic carbocycles. The van der Waals surface area contributed by atoms with E-state index in [0.717, 1.165) is 14.7 Å². The van der Waals surface area contributed by atoms with Crippen molar-refractivity contribution in [2.75, 3.05) is 7.11 Å². The number of esters is 1. The van der Waals surface area contributed by atoms with Crippen LogP contribution in [-0.4, -0.2) is 37.2 Å². The molecule has 6 nitrogen and oxygen atoms in total. The van der Waals surface area contributed by atoms with Crippen molar-refractivity contribution in [1.82, 2.24) is 0 Å². The molecule has 0 fully saturated rings. The summed E-state index contributed by atoms with van der Waals surface area (Å²) >= 11 is 0. The van der Waals surface area contributed by atoms with Crippen molar-refractivity contribution in [2.45, 2.75) is 46.6 Å². The van der Waals surface area contributed by atoms with Crippen molar-refractivity contribution in [3.05, 3.63) is 84.4 Å². The van der Waals surface area contributed by atoms with E-state index < -0.39 is 32.1 Å². The van der Waals surface area contributed by atoms with Gasteiger partial charge in [-0.15, -0.1) is 0 Å². The van der Waals surface area contributed by atoms with E-state index >= 15 is 0 Å². The molecule has 0 spiro atoms. The van der Waals surface area contributed by atoms with Gasteiger partial charge in [-0.3, -0.25) is 0 Å². The highest BCUT2D eigenvalue weighted by atomic mass is 32.2. The van der Waals surface area contributed by atoms with Gasteiger partial charge >= 0.3 is 11.5 Å². The molecule has 0 atom stereocenters. The van der Waals surface area contributed by atoms with Gasteiger partial charge in [-0.2, -0.15) is 13.2 Å². The molecule has 0 aromatic heterocycles. The average Bonchev–Trinajstić information content (AvgIpc) is 2.78. The number of para-hydroxylation sites is 1. The molecule has 0 amide bonds. The van der Waals surface area contributed by atoms with Gasteiger partial charge in [0.2, 0.25) is 4.90 Å². The number of benzene rings is 3. The van der Waals surface area contributed by atoms with Crippen molar-refractivity contribution >= 4 is 27.0 Å². The van der Waals surface area contributed by atoms with Gasteiger partial charge in [0.15, 0.2) is 25.7 Å². The molecule has 0 N–H and O–H groups in total. The average molecular weight is 543 g/mol. The highest BCUT2D eigenvalue weighted by molar-refractivity contribution is 7.97. The van der Waals surface area contributed by atoms with Crippen molar-refractivity contribution in [1.29, 1.82) is 0 Å². The quantitative estimate of drug-likeness (QED) is 0.175. The SMILES string of the molecule is COc1c(C(=O)OC(C)(C)C)cccc1[S+](c1ccccc1)c1ccccc1.O=S(=O)([O-])C(F)(F)F. The lowest BCUT2D eigenvalue weighted by Crippen LogP contribution is -2.24. The first kappa shape index (κ1) is 29.2. The summed E-state index contributed by atoms with van der Waals surface area (Å²) in [7, 11) is -4.90. The van der Waals surface area contributed by atoms with Gasteiger partial charge in [0.1, 0.15) is 22.1 Å². The van der Waals surface area contributed by atoms with E-state index in [0.29, 0.717) is 11.3 Å². The second-order valence-electron chi connectivity index (χ2n) is 8.17. The van der Waals surface area contributed by atoms with E-state index in [1.165, 1.54) is 0 Å². The Morgan fingerprint density at radius 3 is 1.64 bits per heavy atom. The van der Waals surface area contributed by atoms with Gasteiger partial charge in [0.05, 0.1) is 7.11 Å². The molecule has 0 aliphatic carbocycles. The maximum absolute atomic E-state index is 12.8. The van der Waals surface area contributed by atoms with Crippen LogP contribution in [0.5, 0.6) is 5.75 Å². The van der Waals surface area contributed by atoms with Crippen molar-refractivity contribution in [3.63, 3.8) is 0 Å². The minimum Gasteiger partial charge on any atom is -0.741 e. The zero-order valence-corrected chi connectivity index (χ0v) is 21.5. The van der Waals surface area contributed by atoms with Crippen molar-refractivity contribution < 1.29 is 40.4 Å². The van der Waals surface area contributed by atoms with Crippen molar-refractivity contribution in [3.8, 4) is 5.75 Å². The Morgan fingerprint density at radius 2 is 1.28 bits per heavy atom. The van der Waals surface area contributed by atoms with Gasteiger partial charge in [0.25, 0.3) is 0 Å². The van der Waals surface area contributed by atoms with Gasteiger partial charge in [-0.1, -0.05) is 42.5 Å². The number of rotatable bonds is 5. The summed E-state index contributed by atoms with van der Waals surface area (Å²) in [6.45, 7) is 5.58. The molecule has 36 heavy (non-hydrogen) atoms. The first-order valence-electron chi connectivity index (χ1n) is 10.4. The van der Waals surface area contributed by atoms with E-state index in [1.807, 2.05) is 69.3 Å². The molecule has 0 saturated heterocycles. The lowest BCUT2D eigenvalue weighted by atomic mass is 10.1. The molecule has 0 saturated carbocycles. The van der Waals surface area contributed by atoms with Crippen LogP contribution in [-0.2, 0) is 25.7 Å². The third-order valence-corrected chi connectivity index (χ3v) is 7.08. The fourth-order valence-corrected chi connectivity index (χ4v) is 5.12. The van der Waals surface area contributed by atoms with Crippen LogP contribution >= 0.6 is 0 Å². The maximum atomic E-state index is 12.8. The normalized spacial score (nSPS) is 11.9. The summed E-state index contributed by atoms with van der Waals surface area (Å²) in [5.74, 6) is 0.184. The minimum absolute atomic E-state index is 0.379. The van der Waals surface area contributed by atoms with E-state index in [4.69, 9.17) is 22.4 Å². The first-order chi connectivity index (χ1) is 16.7. The molecule has 0 bridgehead atoms. The summed E-state index contributed by atoms with van der Waals surface area (Å²) in [5.41, 5.74) is -5.77. The number of hydrogen-bond acceptors (Lipinski definition) is 6. The molecular weight excluding hydrogens is 517 g/mol. The summed E-state index contributed by atoms with van der Waals surface area (Å²) in [6, 6.07) is 26.2. The third kappa shape index (κ3) is 8.00. The molecule has 0 aliphatic rings. The monoisotopic (exact) mass is 542 g/mol. The van der Waals surface area contributed by atoms with Crippen LogP contribution < -0.4 is 4.74 Å². The summed E-state index contributed by atoms with van der Waals surface area (Å²) in [5, 5.41) is 0. The van der Waals surface area contributed by atoms with Crippen LogP contribution in [0.1, 0.15) is 31.1 Å². The topological polar surface area (TPSA) is 92.7 Å². The van der Waals surface area contributed by atoms with Crippen LogP contribution in [0.3, 0.4) is 0 Å². The van der Waals surface area contributed by atoms with Gasteiger partial charge in [-0.25, -0.2) is 13.2 Å². The number of carbonyl (C=O) groups excluding carboxylic acids is 1. The summed E-state index contributed by atoms with van der Waals surface area (Å²) in [4.78, 5) is 16.1. The second kappa shape index (κ2) is 11.8. The third-order valence-electron chi connectivity index (χ3n) is 4.26. The summed E-state index contributed by atoms with van der Waals surface area (Å²) < 4.78 is 70.2. The molecule has 3 aromatic rings. The Hall–Kier alpha value is -3.02. The molecular formula is C25H25F3O6S2. The number of alkyl halides is 3. The Balaban J connectivity index is 0.000000493. The highest BCUT2D eigenvalue weighted by Gasteiger charge is 2.37. The molecule has 0 heterocycles. The molecule has 0 aliphatic heterocycles. The minimum atomic E-state index is -6.09. The van der Waals surface area contributed by atoms with Crippen LogP contribution in [0.25, 0.3) is 0 Å². The predicted molar refractivity (Wildman–Crippen MR) is 129 cm³/mol. The standard InChI is InChI=1S/C24H25O3S.CHF3O3S/c1-24(2,3)27-23(25)20-16-11-17-21(22(20)26-4)28(18-12-7-5-8-13-18)19-14-9-6-10-15-19;2-1(3,4)8(5,6)7/h5-17H,1-4H3;(H,5,6,7)/q+1;/p-1. The number of carbonyl (C=O) groups is 1. The van der Waals surface area contributed by atoms with Crippen LogP contribution in [0.2, 0.25) is 0 Å². The number of methoxy groups -OCH3 is 1. The largest absolute Gasteiger partial charge is 0.741 e. The Morgan fingerprint density at radius 1 is 0.833 bits per heavy atom. The fourth-order valence-electron chi connectivity index (χ4n) is 2.88. The predicted octanol–water partition coefficient (Wildman–Crippen LogP) is 5.80. The van der Waals surface area contributed by atoms with E-state index in [2.05, 4.69) is 24.3 Å². The lowest BCUT2D eigenvalue weighted by molar-refractivity contribution is -0.0518. The van der Waals surface area contributed by atoms with Crippen LogP contribution in [0.4, 0.5) is 13.2 Å². The van der Waals surface area contributed by atoms with Gasteiger partial charge in [0, 0.05) is 0 Å². The first-order valence-corrected chi connectivity index (χ1v) is 13.1. The highest BCUT2D eigenvalue weighted by Crippen LogP contribution is 2.38. The number of ether oxygens (including phenoxy) is 2.